The molecule has 84 valence electrons. The Labute approximate surface area is 87.7 Å². The van der Waals surface area contributed by atoms with Crippen LogP contribution in [0.25, 0.3) is 0 Å². The molecule has 0 aromatic rings. The number of hydrogen-bond donors (Lipinski definition) is 1. The van der Waals surface area contributed by atoms with Crippen molar-refractivity contribution in [3.63, 3.8) is 0 Å². The van der Waals surface area contributed by atoms with Crippen molar-refractivity contribution in [2.45, 2.75) is 26.9 Å². The summed E-state index contributed by atoms with van der Waals surface area (Å²) in [5.74, 6) is 0.374. The van der Waals surface area contributed by atoms with Crippen molar-refractivity contribution < 1.29 is 5.11 Å². The molecule has 3 heteroatoms. The molecule has 0 aromatic carbocycles. The molecule has 0 saturated carbocycles. The lowest BCUT2D eigenvalue weighted by Crippen LogP contribution is -2.48. The van der Waals surface area contributed by atoms with E-state index in [1.165, 1.54) is 0 Å². The zero-order valence-electron chi connectivity index (χ0n) is 9.74. The fraction of sp³-hybridized carbons (Fsp3) is 1.00. The van der Waals surface area contributed by atoms with E-state index < -0.39 is 0 Å². The third kappa shape index (κ3) is 3.56. The summed E-state index contributed by atoms with van der Waals surface area (Å²) in [6.07, 6.45) is -0.164. The smallest absolute Gasteiger partial charge is 0.0689 e. The molecule has 0 aromatic heterocycles. The van der Waals surface area contributed by atoms with Gasteiger partial charge in [0.25, 0.3) is 0 Å². The minimum atomic E-state index is -0.164. The van der Waals surface area contributed by atoms with Crippen LogP contribution in [-0.4, -0.2) is 60.3 Å². The van der Waals surface area contributed by atoms with Crippen LogP contribution in [0.15, 0.2) is 0 Å². The van der Waals surface area contributed by atoms with Crippen LogP contribution in [0, 0.1) is 5.92 Å². The standard InChI is InChI=1S/C11H24N2O/c1-4-12-5-7-13(8-6-12)9-11(14)10(2)3/h10-11,14H,4-9H2,1-3H3. The molecule has 1 unspecified atom stereocenters. The minimum absolute atomic E-state index is 0.164. The Kier molecular flexibility index (Phi) is 4.85. The molecule has 0 radical (unpaired) electrons. The molecule has 1 atom stereocenters. The Morgan fingerprint density at radius 2 is 1.57 bits per heavy atom. The van der Waals surface area contributed by atoms with Crippen molar-refractivity contribution in [3.05, 3.63) is 0 Å². The maximum atomic E-state index is 9.75. The van der Waals surface area contributed by atoms with Gasteiger partial charge in [0.1, 0.15) is 0 Å². The van der Waals surface area contributed by atoms with E-state index in [2.05, 4.69) is 30.6 Å². The summed E-state index contributed by atoms with van der Waals surface area (Å²) in [5, 5.41) is 9.75. The lowest BCUT2D eigenvalue weighted by atomic mass is 10.1. The van der Waals surface area contributed by atoms with Gasteiger partial charge in [0, 0.05) is 32.7 Å². The van der Waals surface area contributed by atoms with E-state index in [0.717, 1.165) is 39.3 Å². The number of β-amino-alcohol motifs (C(OH)–C–C–N with tert-alkyl or cyclic N) is 1. The molecule has 0 aliphatic carbocycles. The van der Waals surface area contributed by atoms with Gasteiger partial charge < -0.3 is 10.0 Å². The maximum absolute atomic E-state index is 9.75. The number of aliphatic hydroxyl groups excluding tert-OH is 1. The van der Waals surface area contributed by atoms with Crippen LogP contribution in [0.5, 0.6) is 0 Å². The molecule has 1 heterocycles. The van der Waals surface area contributed by atoms with Crippen molar-refractivity contribution in [2.24, 2.45) is 5.92 Å². The van der Waals surface area contributed by atoms with Crippen molar-refractivity contribution in [3.8, 4) is 0 Å². The molecule has 1 saturated heterocycles. The summed E-state index contributed by atoms with van der Waals surface area (Å²) >= 11 is 0. The molecule has 0 bridgehead atoms. The Morgan fingerprint density at radius 1 is 1.07 bits per heavy atom. The quantitative estimate of drug-likeness (QED) is 0.721. The summed E-state index contributed by atoms with van der Waals surface area (Å²) < 4.78 is 0. The van der Waals surface area contributed by atoms with Gasteiger partial charge in [-0.15, -0.1) is 0 Å². The van der Waals surface area contributed by atoms with E-state index in [1.54, 1.807) is 0 Å². The van der Waals surface area contributed by atoms with Gasteiger partial charge in [0.2, 0.25) is 0 Å². The Balaban J connectivity index is 2.22. The highest BCUT2D eigenvalue weighted by Gasteiger charge is 2.19. The van der Waals surface area contributed by atoms with Crippen LogP contribution in [0.1, 0.15) is 20.8 Å². The van der Waals surface area contributed by atoms with Crippen LogP contribution in [0.4, 0.5) is 0 Å². The number of aliphatic hydroxyl groups is 1. The molecule has 1 rings (SSSR count). The monoisotopic (exact) mass is 200 g/mol. The average molecular weight is 200 g/mol. The van der Waals surface area contributed by atoms with E-state index >= 15 is 0 Å². The first-order chi connectivity index (χ1) is 6.63. The first kappa shape index (κ1) is 12.0. The predicted octanol–water partition coefficient (Wildman–Crippen LogP) is 0.641. The molecule has 1 aliphatic rings. The molecular formula is C11H24N2O. The highest BCUT2D eigenvalue weighted by atomic mass is 16.3. The molecule has 1 aliphatic heterocycles. The third-order valence-corrected chi connectivity index (χ3v) is 3.13. The summed E-state index contributed by atoms with van der Waals surface area (Å²) in [4.78, 5) is 4.83. The number of nitrogens with zero attached hydrogens (tertiary/aromatic N) is 2. The summed E-state index contributed by atoms with van der Waals surface area (Å²) in [6, 6.07) is 0. The Bertz CT molecular complexity index is 153. The van der Waals surface area contributed by atoms with Gasteiger partial charge in [-0.1, -0.05) is 20.8 Å². The average Bonchev–Trinajstić information content (AvgIpc) is 2.19. The highest BCUT2D eigenvalue weighted by molar-refractivity contribution is 4.74. The molecule has 14 heavy (non-hydrogen) atoms. The van der Waals surface area contributed by atoms with Crippen LogP contribution in [0.2, 0.25) is 0 Å². The van der Waals surface area contributed by atoms with Gasteiger partial charge in [-0.3, -0.25) is 4.90 Å². The second kappa shape index (κ2) is 5.69. The normalized spacial score (nSPS) is 22.9. The van der Waals surface area contributed by atoms with E-state index in [4.69, 9.17) is 0 Å². The van der Waals surface area contributed by atoms with Crippen molar-refractivity contribution in [1.82, 2.24) is 9.80 Å². The zero-order valence-corrected chi connectivity index (χ0v) is 9.74. The Hall–Kier alpha value is -0.120. The van der Waals surface area contributed by atoms with Gasteiger partial charge in [-0.05, 0) is 12.5 Å². The number of rotatable bonds is 4. The molecule has 1 N–H and O–H groups in total. The summed E-state index contributed by atoms with van der Waals surface area (Å²) in [6.45, 7) is 12.9. The topological polar surface area (TPSA) is 26.7 Å². The SMILES string of the molecule is CCN1CCN(CC(O)C(C)C)CC1. The van der Waals surface area contributed by atoms with Gasteiger partial charge in [-0.2, -0.15) is 0 Å². The largest absolute Gasteiger partial charge is 0.392 e. The highest BCUT2D eigenvalue weighted by Crippen LogP contribution is 2.06. The van der Waals surface area contributed by atoms with E-state index in [9.17, 15) is 5.11 Å². The predicted molar refractivity (Wildman–Crippen MR) is 59.4 cm³/mol. The number of piperazine rings is 1. The fourth-order valence-corrected chi connectivity index (χ4v) is 1.76. The van der Waals surface area contributed by atoms with Crippen LogP contribution < -0.4 is 0 Å². The zero-order chi connectivity index (χ0) is 10.6. The van der Waals surface area contributed by atoms with Crippen LogP contribution in [0.3, 0.4) is 0 Å². The second-order valence-corrected chi connectivity index (χ2v) is 4.55. The number of hydrogen-bond acceptors (Lipinski definition) is 3. The third-order valence-electron chi connectivity index (χ3n) is 3.13. The fourth-order valence-electron chi connectivity index (χ4n) is 1.76. The van der Waals surface area contributed by atoms with E-state index in [1.807, 2.05) is 0 Å². The lowest BCUT2D eigenvalue weighted by molar-refractivity contribution is 0.0510. The maximum Gasteiger partial charge on any atom is 0.0689 e. The Morgan fingerprint density at radius 3 is 2.00 bits per heavy atom. The number of likely N-dealkylation sites (N-methyl/N-ethyl adjacent to an activating group) is 1. The molecule has 3 nitrogen and oxygen atoms in total. The van der Waals surface area contributed by atoms with Crippen LogP contribution >= 0.6 is 0 Å². The summed E-state index contributed by atoms with van der Waals surface area (Å²) in [7, 11) is 0. The molecule has 1 fully saturated rings. The van der Waals surface area contributed by atoms with E-state index in [-0.39, 0.29) is 6.10 Å². The van der Waals surface area contributed by atoms with Gasteiger partial charge in [0.05, 0.1) is 6.10 Å². The van der Waals surface area contributed by atoms with Gasteiger partial charge in [0.15, 0.2) is 0 Å². The molecular weight excluding hydrogens is 176 g/mol. The first-order valence-electron chi connectivity index (χ1n) is 5.76. The van der Waals surface area contributed by atoms with Crippen molar-refractivity contribution in [2.75, 3.05) is 39.3 Å². The van der Waals surface area contributed by atoms with E-state index in [0.29, 0.717) is 5.92 Å². The minimum Gasteiger partial charge on any atom is -0.392 e. The second-order valence-electron chi connectivity index (χ2n) is 4.55. The van der Waals surface area contributed by atoms with Crippen molar-refractivity contribution >= 4 is 0 Å². The van der Waals surface area contributed by atoms with Crippen LogP contribution in [-0.2, 0) is 0 Å². The molecule has 0 spiro atoms. The lowest BCUT2D eigenvalue weighted by Gasteiger charge is -2.35. The van der Waals surface area contributed by atoms with Gasteiger partial charge >= 0.3 is 0 Å². The van der Waals surface area contributed by atoms with Gasteiger partial charge in [-0.25, -0.2) is 0 Å². The first-order valence-corrected chi connectivity index (χ1v) is 5.76. The summed E-state index contributed by atoms with van der Waals surface area (Å²) in [5.41, 5.74) is 0. The molecule has 0 amide bonds. The van der Waals surface area contributed by atoms with Crippen molar-refractivity contribution in [1.29, 1.82) is 0 Å².